The molecule has 1 aromatic heterocycles. The summed E-state index contributed by atoms with van der Waals surface area (Å²) in [6.45, 7) is 0.0793. The number of anilines is 1. The Morgan fingerprint density at radius 2 is 1.96 bits per heavy atom. The van der Waals surface area contributed by atoms with Gasteiger partial charge in [0.15, 0.2) is 16.6 Å². The van der Waals surface area contributed by atoms with E-state index in [2.05, 4.69) is 10.3 Å². The van der Waals surface area contributed by atoms with Gasteiger partial charge < -0.3 is 14.2 Å². The fourth-order valence-electron chi connectivity index (χ4n) is 3.04. The molecule has 1 aromatic carbocycles. The average Bonchev–Trinajstić information content (AvgIpc) is 3.15. The maximum atomic E-state index is 12.1. The van der Waals surface area contributed by atoms with Crippen molar-refractivity contribution in [1.29, 1.82) is 0 Å². The topological polar surface area (TPSA) is 69.7 Å². The van der Waals surface area contributed by atoms with Crippen molar-refractivity contribution in [1.82, 2.24) is 4.98 Å². The molecule has 0 saturated heterocycles. The molecular weight excluding hydrogens is 352 g/mol. The summed E-state index contributed by atoms with van der Waals surface area (Å²) in [4.78, 5) is 16.6. The van der Waals surface area contributed by atoms with Gasteiger partial charge in [-0.15, -0.1) is 11.3 Å². The SMILES string of the molecule is COc1ccc(-c2csc(NC(=O)COC3CCCCC3)n2)cc1OC. The van der Waals surface area contributed by atoms with Gasteiger partial charge in [-0.3, -0.25) is 10.1 Å². The van der Waals surface area contributed by atoms with Crippen LogP contribution in [0.25, 0.3) is 11.3 Å². The van der Waals surface area contributed by atoms with E-state index in [0.717, 1.165) is 24.1 Å². The molecule has 0 aliphatic heterocycles. The van der Waals surface area contributed by atoms with Crippen LogP contribution in [0.2, 0.25) is 0 Å². The Balaban J connectivity index is 1.58. The molecule has 1 saturated carbocycles. The van der Waals surface area contributed by atoms with Gasteiger partial charge in [0.2, 0.25) is 0 Å². The minimum atomic E-state index is -0.163. The van der Waals surface area contributed by atoms with Crippen molar-refractivity contribution in [2.75, 3.05) is 26.1 Å². The first-order valence-electron chi connectivity index (χ1n) is 8.79. The number of nitrogens with one attached hydrogen (secondary N) is 1. The summed E-state index contributed by atoms with van der Waals surface area (Å²) in [5, 5.41) is 5.27. The van der Waals surface area contributed by atoms with Crippen molar-refractivity contribution in [3.05, 3.63) is 23.6 Å². The van der Waals surface area contributed by atoms with Crippen molar-refractivity contribution in [3.63, 3.8) is 0 Å². The van der Waals surface area contributed by atoms with Crippen LogP contribution in [-0.4, -0.2) is 37.8 Å². The Bertz CT molecular complexity index is 741. The third-order valence-electron chi connectivity index (χ3n) is 4.43. The molecule has 7 heteroatoms. The van der Waals surface area contributed by atoms with Gasteiger partial charge in [-0.1, -0.05) is 19.3 Å². The zero-order chi connectivity index (χ0) is 18.4. The first kappa shape index (κ1) is 18.7. The first-order chi connectivity index (χ1) is 12.7. The maximum Gasteiger partial charge on any atom is 0.252 e. The zero-order valence-corrected chi connectivity index (χ0v) is 15.9. The molecule has 2 aromatic rings. The fraction of sp³-hybridized carbons (Fsp3) is 0.474. The predicted molar refractivity (Wildman–Crippen MR) is 102 cm³/mol. The number of rotatable bonds is 7. The second-order valence-electron chi connectivity index (χ2n) is 6.23. The van der Waals surface area contributed by atoms with Crippen LogP contribution in [0.3, 0.4) is 0 Å². The van der Waals surface area contributed by atoms with Crippen molar-refractivity contribution in [2.45, 2.75) is 38.2 Å². The lowest BCUT2D eigenvalue weighted by Crippen LogP contribution is -2.24. The number of benzene rings is 1. The Kier molecular flexibility index (Phi) is 6.46. The Hall–Kier alpha value is -2.12. The number of thiazole rings is 1. The van der Waals surface area contributed by atoms with E-state index < -0.39 is 0 Å². The molecule has 0 atom stereocenters. The Morgan fingerprint density at radius 3 is 2.69 bits per heavy atom. The molecule has 6 nitrogen and oxygen atoms in total. The van der Waals surface area contributed by atoms with Gasteiger partial charge in [0.25, 0.3) is 5.91 Å². The summed E-state index contributed by atoms with van der Waals surface area (Å²) in [5.41, 5.74) is 1.68. The minimum absolute atomic E-state index is 0.0793. The molecule has 0 radical (unpaired) electrons. The third kappa shape index (κ3) is 4.74. The number of carbonyl (C=O) groups is 1. The lowest BCUT2D eigenvalue weighted by molar-refractivity contribution is -0.123. The van der Waals surface area contributed by atoms with Gasteiger partial charge in [-0.2, -0.15) is 0 Å². The van der Waals surface area contributed by atoms with Crippen LogP contribution in [0.15, 0.2) is 23.6 Å². The largest absolute Gasteiger partial charge is 0.493 e. The second-order valence-corrected chi connectivity index (χ2v) is 7.08. The highest BCUT2D eigenvalue weighted by Crippen LogP contribution is 2.33. The van der Waals surface area contributed by atoms with Crippen LogP contribution < -0.4 is 14.8 Å². The minimum Gasteiger partial charge on any atom is -0.493 e. The van der Waals surface area contributed by atoms with Gasteiger partial charge in [-0.05, 0) is 31.0 Å². The fourth-order valence-corrected chi connectivity index (χ4v) is 3.78. The summed E-state index contributed by atoms with van der Waals surface area (Å²) in [6.07, 6.45) is 5.96. The highest BCUT2D eigenvalue weighted by atomic mass is 32.1. The van der Waals surface area contributed by atoms with Gasteiger partial charge in [0.05, 0.1) is 26.0 Å². The number of ether oxygens (including phenoxy) is 3. The van der Waals surface area contributed by atoms with Crippen molar-refractivity contribution in [3.8, 4) is 22.8 Å². The lowest BCUT2D eigenvalue weighted by Gasteiger charge is -2.21. The molecule has 0 spiro atoms. The number of hydrogen-bond acceptors (Lipinski definition) is 6. The van der Waals surface area contributed by atoms with Gasteiger partial charge in [-0.25, -0.2) is 4.98 Å². The monoisotopic (exact) mass is 376 g/mol. The molecule has 140 valence electrons. The lowest BCUT2D eigenvalue weighted by atomic mass is 9.98. The first-order valence-corrected chi connectivity index (χ1v) is 9.67. The zero-order valence-electron chi connectivity index (χ0n) is 15.1. The highest BCUT2D eigenvalue weighted by molar-refractivity contribution is 7.14. The van der Waals surface area contributed by atoms with E-state index in [9.17, 15) is 4.79 Å². The van der Waals surface area contributed by atoms with Crippen molar-refractivity contribution in [2.24, 2.45) is 0 Å². The van der Waals surface area contributed by atoms with Crippen LogP contribution in [0.4, 0.5) is 5.13 Å². The molecule has 1 N–H and O–H groups in total. The molecule has 26 heavy (non-hydrogen) atoms. The normalized spacial score (nSPS) is 14.8. The van der Waals surface area contributed by atoms with E-state index in [4.69, 9.17) is 14.2 Å². The van der Waals surface area contributed by atoms with E-state index >= 15 is 0 Å². The predicted octanol–water partition coefficient (Wildman–Crippen LogP) is 4.12. The highest BCUT2D eigenvalue weighted by Gasteiger charge is 2.16. The molecule has 0 bridgehead atoms. The maximum absolute atomic E-state index is 12.1. The quantitative estimate of drug-likeness (QED) is 0.787. The second kappa shape index (κ2) is 9.00. The summed E-state index contributed by atoms with van der Waals surface area (Å²) in [7, 11) is 3.20. The van der Waals surface area contributed by atoms with Gasteiger partial charge >= 0.3 is 0 Å². The number of methoxy groups -OCH3 is 2. The van der Waals surface area contributed by atoms with Crippen molar-refractivity contribution < 1.29 is 19.0 Å². The van der Waals surface area contributed by atoms with Crippen LogP contribution in [0, 0.1) is 0 Å². The molecule has 1 aliphatic carbocycles. The Morgan fingerprint density at radius 1 is 1.19 bits per heavy atom. The van der Waals surface area contributed by atoms with Gasteiger partial charge in [0.1, 0.15) is 6.61 Å². The van der Waals surface area contributed by atoms with Crippen LogP contribution in [-0.2, 0) is 9.53 Å². The average molecular weight is 376 g/mol. The molecule has 1 fully saturated rings. The van der Waals surface area contributed by atoms with Crippen molar-refractivity contribution >= 4 is 22.4 Å². The number of amides is 1. The summed E-state index contributed by atoms with van der Waals surface area (Å²) in [6, 6.07) is 5.61. The smallest absolute Gasteiger partial charge is 0.252 e. The van der Waals surface area contributed by atoms with Crippen LogP contribution in [0.5, 0.6) is 11.5 Å². The number of hydrogen-bond donors (Lipinski definition) is 1. The van der Waals surface area contributed by atoms with E-state index in [-0.39, 0.29) is 18.6 Å². The van der Waals surface area contributed by atoms with E-state index in [1.165, 1.54) is 30.6 Å². The number of aromatic nitrogens is 1. The third-order valence-corrected chi connectivity index (χ3v) is 5.19. The molecule has 3 rings (SSSR count). The Labute approximate surface area is 157 Å². The molecule has 1 amide bonds. The summed E-state index contributed by atoms with van der Waals surface area (Å²) >= 11 is 1.39. The molecule has 1 heterocycles. The van der Waals surface area contributed by atoms with Crippen LogP contribution in [0.1, 0.15) is 32.1 Å². The molecule has 1 aliphatic rings. The standard InChI is InChI=1S/C19H24N2O4S/c1-23-16-9-8-13(10-17(16)24-2)15-12-26-19(20-15)21-18(22)11-25-14-6-4-3-5-7-14/h8-10,12,14H,3-7,11H2,1-2H3,(H,20,21,22). The number of nitrogens with zero attached hydrogens (tertiary/aromatic N) is 1. The molecule has 0 unspecified atom stereocenters. The van der Waals surface area contributed by atoms with E-state index in [1.54, 1.807) is 14.2 Å². The van der Waals surface area contributed by atoms with E-state index in [1.807, 2.05) is 23.6 Å². The summed E-state index contributed by atoms with van der Waals surface area (Å²) in [5.74, 6) is 1.15. The summed E-state index contributed by atoms with van der Waals surface area (Å²) < 4.78 is 16.3. The molecular formula is C19H24N2O4S. The van der Waals surface area contributed by atoms with Crippen LogP contribution >= 0.6 is 11.3 Å². The van der Waals surface area contributed by atoms with E-state index in [0.29, 0.717) is 16.6 Å². The van der Waals surface area contributed by atoms with Gasteiger partial charge in [0, 0.05) is 10.9 Å². The number of carbonyl (C=O) groups excluding carboxylic acids is 1.